The lowest BCUT2D eigenvalue weighted by Gasteiger charge is -2.18. The van der Waals surface area contributed by atoms with Crippen molar-refractivity contribution in [2.24, 2.45) is 5.92 Å². The predicted octanol–water partition coefficient (Wildman–Crippen LogP) is 3.51. The first kappa shape index (κ1) is 21.3. The number of carbonyl (C=O) groups excluding carboxylic acids is 1. The molecule has 6 nitrogen and oxygen atoms in total. The zero-order chi connectivity index (χ0) is 20.4. The van der Waals surface area contributed by atoms with E-state index in [0.29, 0.717) is 29.6 Å². The quantitative estimate of drug-likeness (QED) is 0.545. The van der Waals surface area contributed by atoms with Crippen LogP contribution >= 0.6 is 23.1 Å². The molecule has 2 aromatic rings. The lowest BCUT2D eigenvalue weighted by Crippen LogP contribution is -2.37. The summed E-state index contributed by atoms with van der Waals surface area (Å²) in [6.45, 7) is 11.9. The lowest BCUT2D eigenvalue weighted by molar-refractivity contribution is -0.120. The molecule has 0 bridgehead atoms. The molecule has 28 heavy (non-hydrogen) atoms. The van der Waals surface area contributed by atoms with Crippen LogP contribution in [-0.4, -0.2) is 40.0 Å². The second-order valence-corrected chi connectivity index (χ2v) is 10.3. The number of fused-ring (bicyclic) bond motifs is 1. The van der Waals surface area contributed by atoms with Crippen LogP contribution in [0.3, 0.4) is 0 Å². The van der Waals surface area contributed by atoms with Crippen molar-refractivity contribution in [2.45, 2.75) is 70.5 Å². The number of carbonyl (C=O) groups is 1. The third-order valence-corrected chi connectivity index (χ3v) is 7.17. The van der Waals surface area contributed by atoms with Crippen molar-refractivity contribution in [1.82, 2.24) is 14.9 Å². The molecule has 0 aromatic carbocycles. The van der Waals surface area contributed by atoms with Crippen molar-refractivity contribution >= 4 is 39.2 Å². The van der Waals surface area contributed by atoms with E-state index in [4.69, 9.17) is 9.72 Å². The molecular weight excluding hydrogens is 394 g/mol. The minimum atomic E-state index is -0.341. The zero-order valence-corrected chi connectivity index (χ0v) is 18.8. The fourth-order valence-electron chi connectivity index (χ4n) is 3.30. The number of nitrogens with zero attached hydrogens (tertiary/aromatic N) is 2. The average Bonchev–Trinajstić information content (AvgIpc) is 3.24. The Bertz CT molecular complexity index is 914. The van der Waals surface area contributed by atoms with Gasteiger partial charge in [0.1, 0.15) is 4.83 Å². The Labute approximate surface area is 174 Å². The van der Waals surface area contributed by atoms with Gasteiger partial charge in [-0.2, -0.15) is 0 Å². The summed E-state index contributed by atoms with van der Waals surface area (Å²) in [7, 11) is 0. The van der Waals surface area contributed by atoms with Crippen LogP contribution in [0.4, 0.5) is 0 Å². The highest BCUT2D eigenvalue weighted by atomic mass is 32.2. The Morgan fingerprint density at radius 2 is 2.14 bits per heavy atom. The third kappa shape index (κ3) is 4.60. The van der Waals surface area contributed by atoms with Crippen LogP contribution < -0.4 is 10.9 Å². The minimum absolute atomic E-state index is 0.00462. The van der Waals surface area contributed by atoms with Gasteiger partial charge >= 0.3 is 0 Å². The van der Waals surface area contributed by atoms with Crippen molar-refractivity contribution in [3.8, 4) is 0 Å². The highest BCUT2D eigenvalue weighted by molar-refractivity contribution is 8.00. The summed E-state index contributed by atoms with van der Waals surface area (Å²) >= 11 is 2.89. The fourth-order valence-corrected chi connectivity index (χ4v) is 5.31. The molecule has 1 aliphatic heterocycles. The van der Waals surface area contributed by atoms with Gasteiger partial charge in [-0.15, -0.1) is 11.3 Å². The number of hydrogen-bond donors (Lipinski definition) is 1. The van der Waals surface area contributed by atoms with Crippen molar-refractivity contribution in [1.29, 1.82) is 0 Å². The molecule has 2 aromatic heterocycles. The van der Waals surface area contributed by atoms with Gasteiger partial charge in [0.05, 0.1) is 16.7 Å². The van der Waals surface area contributed by atoms with E-state index in [1.807, 2.05) is 20.8 Å². The summed E-state index contributed by atoms with van der Waals surface area (Å²) in [6, 6.07) is 0. The van der Waals surface area contributed by atoms with Crippen LogP contribution in [-0.2, 0) is 16.1 Å². The maximum Gasteiger partial charge on any atom is 0.263 e. The molecule has 1 saturated heterocycles. The standard InChI is InChI=1S/C20H29N3O3S2/c1-11(2)10-23-19(25)16-12(3)13(4)27-18(16)22-20(23)28-14(5)17(24)21-9-15-7-6-8-26-15/h11,14-15H,6-10H2,1-5H3,(H,21,24). The van der Waals surface area contributed by atoms with Crippen LogP contribution in [0.15, 0.2) is 9.95 Å². The van der Waals surface area contributed by atoms with Gasteiger partial charge in [-0.25, -0.2) is 4.98 Å². The SMILES string of the molecule is Cc1sc2nc(SC(C)C(=O)NCC3CCCO3)n(CC(C)C)c(=O)c2c1C. The monoisotopic (exact) mass is 423 g/mol. The number of thioether (sulfide) groups is 1. The van der Waals surface area contributed by atoms with Gasteiger partial charge in [-0.3, -0.25) is 14.2 Å². The van der Waals surface area contributed by atoms with Crippen LogP contribution in [0, 0.1) is 19.8 Å². The Morgan fingerprint density at radius 1 is 1.39 bits per heavy atom. The molecule has 2 atom stereocenters. The Kier molecular flexibility index (Phi) is 6.83. The van der Waals surface area contributed by atoms with Crippen molar-refractivity contribution in [2.75, 3.05) is 13.2 Å². The van der Waals surface area contributed by atoms with Crippen molar-refractivity contribution in [3.63, 3.8) is 0 Å². The normalized spacial score (nSPS) is 18.1. The zero-order valence-electron chi connectivity index (χ0n) is 17.2. The van der Waals surface area contributed by atoms with E-state index in [-0.39, 0.29) is 22.8 Å². The van der Waals surface area contributed by atoms with E-state index in [9.17, 15) is 9.59 Å². The van der Waals surface area contributed by atoms with Gasteiger partial charge in [0.2, 0.25) is 5.91 Å². The first-order valence-electron chi connectivity index (χ1n) is 9.84. The number of amides is 1. The summed E-state index contributed by atoms with van der Waals surface area (Å²) in [4.78, 5) is 32.4. The second kappa shape index (κ2) is 8.97. The number of ether oxygens (including phenoxy) is 1. The summed E-state index contributed by atoms with van der Waals surface area (Å²) in [5.74, 6) is 0.254. The summed E-state index contributed by atoms with van der Waals surface area (Å²) in [5, 5.41) is 3.96. The van der Waals surface area contributed by atoms with Crippen LogP contribution in [0.1, 0.15) is 44.1 Å². The van der Waals surface area contributed by atoms with Crippen LogP contribution in [0.5, 0.6) is 0 Å². The highest BCUT2D eigenvalue weighted by Crippen LogP contribution is 2.30. The summed E-state index contributed by atoms with van der Waals surface area (Å²) in [5.41, 5.74) is 1.00. The van der Waals surface area contributed by atoms with Crippen LogP contribution in [0.2, 0.25) is 0 Å². The molecule has 8 heteroatoms. The maximum absolute atomic E-state index is 13.2. The van der Waals surface area contributed by atoms with Gasteiger partial charge in [0.15, 0.2) is 5.16 Å². The Morgan fingerprint density at radius 3 is 2.79 bits per heavy atom. The number of thiophene rings is 1. The first-order chi connectivity index (χ1) is 13.3. The molecule has 154 valence electrons. The smallest absolute Gasteiger partial charge is 0.263 e. The molecule has 0 saturated carbocycles. The predicted molar refractivity (Wildman–Crippen MR) is 115 cm³/mol. The molecule has 1 fully saturated rings. The lowest BCUT2D eigenvalue weighted by atomic mass is 10.2. The van der Waals surface area contributed by atoms with Gasteiger partial charge in [-0.1, -0.05) is 25.6 Å². The van der Waals surface area contributed by atoms with Gasteiger partial charge in [0, 0.05) is 24.6 Å². The average molecular weight is 424 g/mol. The topological polar surface area (TPSA) is 73.2 Å². The van der Waals surface area contributed by atoms with E-state index in [1.54, 1.807) is 15.9 Å². The molecule has 1 N–H and O–H groups in total. The molecule has 3 heterocycles. The summed E-state index contributed by atoms with van der Waals surface area (Å²) in [6.07, 6.45) is 2.16. The van der Waals surface area contributed by atoms with Gasteiger partial charge in [-0.05, 0) is 45.1 Å². The maximum atomic E-state index is 13.2. The van der Waals surface area contributed by atoms with Crippen LogP contribution in [0.25, 0.3) is 10.2 Å². The summed E-state index contributed by atoms with van der Waals surface area (Å²) < 4.78 is 7.30. The van der Waals surface area contributed by atoms with Crippen molar-refractivity contribution < 1.29 is 9.53 Å². The number of hydrogen-bond acceptors (Lipinski definition) is 6. The number of rotatable bonds is 7. The van der Waals surface area contributed by atoms with Gasteiger partial charge < -0.3 is 10.1 Å². The molecule has 0 radical (unpaired) electrons. The molecule has 2 unspecified atom stereocenters. The van der Waals surface area contributed by atoms with E-state index in [0.717, 1.165) is 34.7 Å². The fraction of sp³-hybridized carbons (Fsp3) is 0.650. The Balaban J connectivity index is 1.83. The number of aryl methyl sites for hydroxylation is 2. The molecule has 1 aliphatic rings. The number of nitrogens with one attached hydrogen (secondary N) is 1. The largest absolute Gasteiger partial charge is 0.376 e. The Hall–Kier alpha value is -1.38. The van der Waals surface area contributed by atoms with E-state index in [1.165, 1.54) is 11.8 Å². The van der Waals surface area contributed by atoms with E-state index < -0.39 is 0 Å². The van der Waals surface area contributed by atoms with E-state index in [2.05, 4.69) is 19.2 Å². The molecule has 0 spiro atoms. The van der Waals surface area contributed by atoms with E-state index >= 15 is 0 Å². The molecular formula is C20H29N3O3S2. The second-order valence-electron chi connectivity index (χ2n) is 7.81. The molecule has 0 aliphatic carbocycles. The third-order valence-electron chi connectivity index (χ3n) is 4.98. The minimum Gasteiger partial charge on any atom is -0.376 e. The first-order valence-corrected chi connectivity index (χ1v) is 11.5. The van der Waals surface area contributed by atoms with Gasteiger partial charge in [0.25, 0.3) is 5.56 Å². The molecule has 1 amide bonds. The highest BCUT2D eigenvalue weighted by Gasteiger charge is 2.23. The van der Waals surface area contributed by atoms with Crippen molar-refractivity contribution in [3.05, 3.63) is 20.8 Å². The number of aromatic nitrogens is 2. The molecule has 3 rings (SSSR count).